The van der Waals surface area contributed by atoms with Crippen molar-refractivity contribution in [2.45, 2.75) is 32.2 Å². The highest BCUT2D eigenvalue weighted by molar-refractivity contribution is 14.0. The van der Waals surface area contributed by atoms with E-state index in [1.807, 2.05) is 25.4 Å². The molecule has 26 heavy (non-hydrogen) atoms. The topological polar surface area (TPSA) is 59.0 Å². The van der Waals surface area contributed by atoms with Crippen molar-refractivity contribution in [2.24, 2.45) is 16.8 Å². The molecule has 1 aromatic heterocycles. The zero-order chi connectivity index (χ0) is 17.5. The van der Waals surface area contributed by atoms with Crippen LogP contribution in [0.15, 0.2) is 23.3 Å². The number of pyridine rings is 1. The molecule has 0 spiro atoms. The fraction of sp³-hybridized carbons (Fsp3) is 0.684. The summed E-state index contributed by atoms with van der Waals surface area (Å²) in [6, 6.07) is 3.94. The first-order chi connectivity index (χ1) is 12.3. The first kappa shape index (κ1) is 21.2. The summed E-state index contributed by atoms with van der Waals surface area (Å²) in [4.78, 5) is 11.2. The molecular formula is C19H31IN4O2. The van der Waals surface area contributed by atoms with E-state index in [-0.39, 0.29) is 24.0 Å². The van der Waals surface area contributed by atoms with E-state index in [0.29, 0.717) is 19.1 Å². The number of aliphatic imine (C=N–C) groups is 1. The Labute approximate surface area is 173 Å². The van der Waals surface area contributed by atoms with Crippen molar-refractivity contribution < 1.29 is 9.47 Å². The van der Waals surface area contributed by atoms with Gasteiger partial charge in [0.1, 0.15) is 6.61 Å². The summed E-state index contributed by atoms with van der Waals surface area (Å²) in [7, 11) is 3.53. The van der Waals surface area contributed by atoms with E-state index in [4.69, 9.17) is 9.47 Å². The zero-order valence-electron chi connectivity index (χ0n) is 15.8. The van der Waals surface area contributed by atoms with Gasteiger partial charge in [-0.3, -0.25) is 4.99 Å². The number of ether oxygens (including phenoxy) is 2. The van der Waals surface area contributed by atoms with Gasteiger partial charge >= 0.3 is 0 Å². The third kappa shape index (κ3) is 5.70. The minimum Gasteiger partial charge on any atom is -0.475 e. The molecule has 1 N–H and O–H groups in total. The second-order valence-electron chi connectivity index (χ2n) is 6.96. The van der Waals surface area contributed by atoms with Crippen LogP contribution in [0.5, 0.6) is 5.88 Å². The SMILES string of the molecule is CN=C(NCc1ccc(OCCOC)nc1)N1CC2CCCCC2C1.I. The monoisotopic (exact) mass is 474 g/mol. The van der Waals surface area contributed by atoms with Gasteiger partial charge < -0.3 is 19.7 Å². The van der Waals surface area contributed by atoms with E-state index in [2.05, 4.69) is 20.2 Å². The highest BCUT2D eigenvalue weighted by Gasteiger charge is 2.35. The summed E-state index contributed by atoms with van der Waals surface area (Å²) in [6.07, 6.45) is 7.41. The first-order valence-electron chi connectivity index (χ1n) is 9.32. The van der Waals surface area contributed by atoms with Gasteiger partial charge in [0.25, 0.3) is 0 Å². The lowest BCUT2D eigenvalue weighted by atomic mass is 9.82. The minimum absolute atomic E-state index is 0. The number of halogens is 1. The number of hydrogen-bond acceptors (Lipinski definition) is 4. The third-order valence-electron chi connectivity index (χ3n) is 5.27. The molecule has 2 aliphatic rings. The summed E-state index contributed by atoms with van der Waals surface area (Å²) in [5, 5.41) is 3.48. The Morgan fingerprint density at radius 3 is 2.54 bits per heavy atom. The van der Waals surface area contributed by atoms with E-state index in [1.54, 1.807) is 7.11 Å². The highest BCUT2D eigenvalue weighted by atomic mass is 127. The normalized spacial score (nSPS) is 22.5. The third-order valence-corrected chi connectivity index (χ3v) is 5.27. The molecule has 1 aliphatic heterocycles. The molecule has 1 saturated heterocycles. The molecule has 2 heterocycles. The van der Waals surface area contributed by atoms with Crippen molar-refractivity contribution in [3.05, 3.63) is 23.9 Å². The molecule has 2 fully saturated rings. The van der Waals surface area contributed by atoms with Gasteiger partial charge in [0, 0.05) is 46.1 Å². The number of methoxy groups -OCH3 is 1. The molecular weight excluding hydrogens is 443 g/mol. The Morgan fingerprint density at radius 1 is 1.23 bits per heavy atom. The fourth-order valence-electron chi connectivity index (χ4n) is 3.92. The number of nitrogens with one attached hydrogen (secondary N) is 1. The molecule has 2 unspecified atom stereocenters. The van der Waals surface area contributed by atoms with E-state index >= 15 is 0 Å². The van der Waals surface area contributed by atoms with Gasteiger partial charge in [-0.2, -0.15) is 0 Å². The number of rotatable bonds is 6. The maximum atomic E-state index is 5.50. The van der Waals surface area contributed by atoms with Crippen LogP contribution in [0.2, 0.25) is 0 Å². The quantitative estimate of drug-likeness (QED) is 0.298. The minimum atomic E-state index is 0. The average Bonchev–Trinajstić information content (AvgIpc) is 3.07. The molecule has 2 atom stereocenters. The number of fused-ring (bicyclic) bond motifs is 1. The van der Waals surface area contributed by atoms with Crippen LogP contribution in [0.4, 0.5) is 0 Å². The smallest absolute Gasteiger partial charge is 0.213 e. The molecule has 1 aromatic rings. The largest absolute Gasteiger partial charge is 0.475 e. The summed E-state index contributed by atoms with van der Waals surface area (Å²) in [6.45, 7) is 4.11. The van der Waals surface area contributed by atoms with E-state index < -0.39 is 0 Å². The van der Waals surface area contributed by atoms with E-state index in [9.17, 15) is 0 Å². The number of likely N-dealkylation sites (tertiary alicyclic amines) is 1. The first-order valence-corrected chi connectivity index (χ1v) is 9.32. The van der Waals surface area contributed by atoms with Gasteiger partial charge in [-0.25, -0.2) is 4.98 Å². The summed E-state index contributed by atoms with van der Waals surface area (Å²) in [5.41, 5.74) is 1.12. The van der Waals surface area contributed by atoms with Crippen LogP contribution in [-0.2, 0) is 11.3 Å². The molecule has 146 valence electrons. The van der Waals surface area contributed by atoms with Crippen LogP contribution in [0.1, 0.15) is 31.2 Å². The second kappa shape index (κ2) is 10.9. The lowest BCUT2D eigenvalue weighted by molar-refractivity contribution is 0.143. The fourth-order valence-corrected chi connectivity index (χ4v) is 3.92. The number of guanidine groups is 1. The van der Waals surface area contributed by atoms with Crippen LogP contribution >= 0.6 is 24.0 Å². The van der Waals surface area contributed by atoms with Crippen LogP contribution in [0, 0.1) is 11.8 Å². The number of aromatic nitrogens is 1. The average molecular weight is 474 g/mol. The van der Waals surface area contributed by atoms with E-state index in [1.165, 1.54) is 25.7 Å². The van der Waals surface area contributed by atoms with Crippen molar-refractivity contribution in [3.8, 4) is 5.88 Å². The Balaban J connectivity index is 0.00000243. The number of hydrogen-bond donors (Lipinski definition) is 1. The summed E-state index contributed by atoms with van der Waals surface area (Å²) < 4.78 is 10.5. The van der Waals surface area contributed by atoms with Gasteiger partial charge in [-0.1, -0.05) is 18.9 Å². The van der Waals surface area contributed by atoms with Gasteiger partial charge in [-0.05, 0) is 30.2 Å². The van der Waals surface area contributed by atoms with Crippen molar-refractivity contribution in [2.75, 3.05) is 40.5 Å². The summed E-state index contributed by atoms with van der Waals surface area (Å²) >= 11 is 0. The molecule has 0 aromatic carbocycles. The number of nitrogens with zero attached hydrogens (tertiary/aromatic N) is 3. The summed E-state index contributed by atoms with van der Waals surface area (Å²) in [5.74, 6) is 3.36. The van der Waals surface area contributed by atoms with Crippen LogP contribution in [-0.4, -0.2) is 56.3 Å². The van der Waals surface area contributed by atoms with E-state index in [0.717, 1.165) is 43.0 Å². The Bertz CT molecular complexity index is 553. The van der Waals surface area contributed by atoms with Crippen molar-refractivity contribution >= 4 is 29.9 Å². The highest BCUT2D eigenvalue weighted by Crippen LogP contribution is 2.35. The predicted octanol–water partition coefficient (Wildman–Crippen LogP) is 2.92. The van der Waals surface area contributed by atoms with Crippen molar-refractivity contribution in [1.82, 2.24) is 15.2 Å². The van der Waals surface area contributed by atoms with Gasteiger partial charge in [-0.15, -0.1) is 24.0 Å². The maximum Gasteiger partial charge on any atom is 0.213 e. The molecule has 3 rings (SSSR count). The van der Waals surface area contributed by atoms with Crippen LogP contribution in [0.25, 0.3) is 0 Å². The second-order valence-corrected chi connectivity index (χ2v) is 6.96. The Hall–Kier alpha value is -1.09. The Kier molecular flexibility index (Phi) is 8.90. The molecule has 0 amide bonds. The standard InChI is InChI=1S/C19H30N4O2.HI/c1-20-19(23-13-16-5-3-4-6-17(16)14-23)22-12-15-7-8-18(21-11-15)25-10-9-24-2;/h7-8,11,16-17H,3-6,9-10,12-14H2,1-2H3,(H,20,22);1H. The van der Waals surface area contributed by atoms with Crippen molar-refractivity contribution in [1.29, 1.82) is 0 Å². The van der Waals surface area contributed by atoms with Crippen LogP contribution < -0.4 is 10.1 Å². The molecule has 7 heteroatoms. The molecule has 0 bridgehead atoms. The molecule has 1 saturated carbocycles. The van der Waals surface area contributed by atoms with Crippen LogP contribution in [0.3, 0.4) is 0 Å². The van der Waals surface area contributed by atoms with Gasteiger partial charge in [0.2, 0.25) is 5.88 Å². The zero-order valence-corrected chi connectivity index (χ0v) is 18.1. The molecule has 1 aliphatic carbocycles. The molecule has 0 radical (unpaired) electrons. The molecule has 6 nitrogen and oxygen atoms in total. The van der Waals surface area contributed by atoms with Crippen molar-refractivity contribution in [3.63, 3.8) is 0 Å². The lowest BCUT2D eigenvalue weighted by Crippen LogP contribution is -2.39. The predicted molar refractivity (Wildman–Crippen MR) is 114 cm³/mol. The van der Waals surface area contributed by atoms with Gasteiger partial charge in [0.05, 0.1) is 6.61 Å². The lowest BCUT2D eigenvalue weighted by Gasteiger charge is -2.22. The van der Waals surface area contributed by atoms with Gasteiger partial charge in [0.15, 0.2) is 5.96 Å². The Morgan fingerprint density at radius 2 is 1.96 bits per heavy atom. The maximum absolute atomic E-state index is 5.50.